The topological polar surface area (TPSA) is 41.3 Å². The number of nitrogens with one attached hydrogen (secondary N) is 1. The highest BCUT2D eigenvalue weighted by molar-refractivity contribution is 5.59. The molecule has 1 saturated heterocycles. The van der Waals surface area contributed by atoms with Gasteiger partial charge in [0.25, 0.3) is 0 Å². The van der Waals surface area contributed by atoms with Crippen molar-refractivity contribution in [2.24, 2.45) is 0 Å². The van der Waals surface area contributed by atoms with Gasteiger partial charge in [0.2, 0.25) is 0 Å². The van der Waals surface area contributed by atoms with Crippen LogP contribution in [0.4, 0.5) is 24.5 Å². The maximum absolute atomic E-state index is 12.7. The van der Waals surface area contributed by atoms with Crippen molar-refractivity contribution in [3.63, 3.8) is 0 Å². The number of nitrogens with two attached hydrogens (primary N) is 1. The van der Waals surface area contributed by atoms with Gasteiger partial charge in [0.05, 0.1) is 5.56 Å². The van der Waals surface area contributed by atoms with Crippen LogP contribution in [0.2, 0.25) is 0 Å². The summed E-state index contributed by atoms with van der Waals surface area (Å²) in [5.41, 5.74) is 4.95. The van der Waals surface area contributed by atoms with Gasteiger partial charge in [-0.05, 0) is 18.2 Å². The van der Waals surface area contributed by atoms with Crippen LogP contribution >= 0.6 is 0 Å². The van der Waals surface area contributed by atoms with Crippen molar-refractivity contribution in [1.29, 1.82) is 0 Å². The van der Waals surface area contributed by atoms with Crippen LogP contribution in [0.15, 0.2) is 18.2 Å². The zero-order valence-electron chi connectivity index (χ0n) is 9.22. The van der Waals surface area contributed by atoms with Gasteiger partial charge in [-0.25, -0.2) is 0 Å². The maximum atomic E-state index is 12.7. The summed E-state index contributed by atoms with van der Waals surface area (Å²) in [5, 5.41) is 3.15. The fourth-order valence-corrected chi connectivity index (χ4v) is 1.91. The molecular weight excluding hydrogens is 231 g/mol. The number of hydrogen-bond donors (Lipinski definition) is 2. The van der Waals surface area contributed by atoms with Crippen molar-refractivity contribution >= 4 is 11.4 Å². The Morgan fingerprint density at radius 2 is 1.82 bits per heavy atom. The predicted molar refractivity (Wildman–Crippen MR) is 60.9 cm³/mol. The van der Waals surface area contributed by atoms with Gasteiger partial charge < -0.3 is 16.0 Å². The van der Waals surface area contributed by atoms with Gasteiger partial charge >= 0.3 is 6.18 Å². The first-order valence-electron chi connectivity index (χ1n) is 5.41. The van der Waals surface area contributed by atoms with E-state index < -0.39 is 11.7 Å². The number of hydrogen-bond acceptors (Lipinski definition) is 3. The van der Waals surface area contributed by atoms with Crippen LogP contribution in [0.25, 0.3) is 0 Å². The summed E-state index contributed by atoms with van der Waals surface area (Å²) in [6, 6.07) is 4.08. The second kappa shape index (κ2) is 4.44. The van der Waals surface area contributed by atoms with E-state index >= 15 is 0 Å². The van der Waals surface area contributed by atoms with Crippen molar-refractivity contribution in [2.45, 2.75) is 6.18 Å². The first kappa shape index (κ1) is 12.0. The molecule has 0 spiro atoms. The lowest BCUT2D eigenvalue weighted by Crippen LogP contribution is -2.43. The molecule has 17 heavy (non-hydrogen) atoms. The predicted octanol–water partition coefficient (Wildman–Crippen LogP) is 1.70. The Morgan fingerprint density at radius 3 is 2.41 bits per heavy atom. The van der Waals surface area contributed by atoms with Gasteiger partial charge in [-0.2, -0.15) is 13.2 Å². The Morgan fingerprint density at radius 1 is 1.18 bits per heavy atom. The third-order valence-electron chi connectivity index (χ3n) is 2.82. The molecule has 1 fully saturated rings. The highest BCUT2D eigenvalue weighted by Crippen LogP contribution is 2.35. The molecule has 2 rings (SSSR count). The molecule has 3 nitrogen and oxygen atoms in total. The molecule has 3 N–H and O–H groups in total. The summed E-state index contributed by atoms with van der Waals surface area (Å²) in [4.78, 5) is 1.92. The second-order valence-electron chi connectivity index (χ2n) is 4.01. The molecule has 0 aromatic heterocycles. The van der Waals surface area contributed by atoms with Crippen LogP contribution in [-0.4, -0.2) is 26.2 Å². The summed E-state index contributed by atoms with van der Waals surface area (Å²) >= 11 is 0. The van der Waals surface area contributed by atoms with Crippen LogP contribution in [0.1, 0.15) is 5.56 Å². The Hall–Kier alpha value is -1.43. The van der Waals surface area contributed by atoms with Gasteiger partial charge in [0, 0.05) is 37.6 Å². The third kappa shape index (κ3) is 2.63. The molecule has 1 aliphatic rings. The maximum Gasteiger partial charge on any atom is 0.418 e. The minimum absolute atomic E-state index is 0.226. The Bertz CT molecular complexity index is 397. The lowest BCUT2D eigenvalue weighted by Gasteiger charge is -2.30. The number of rotatable bonds is 1. The van der Waals surface area contributed by atoms with Crippen LogP contribution in [-0.2, 0) is 6.18 Å². The number of nitrogen functional groups attached to an aromatic ring is 1. The molecule has 0 radical (unpaired) electrons. The number of anilines is 2. The Labute approximate surface area is 97.4 Å². The molecule has 94 valence electrons. The van der Waals surface area contributed by atoms with E-state index in [0.717, 1.165) is 19.2 Å². The van der Waals surface area contributed by atoms with Gasteiger partial charge in [-0.1, -0.05) is 0 Å². The number of nitrogens with zero attached hydrogens (tertiary/aromatic N) is 1. The minimum Gasteiger partial charge on any atom is -0.398 e. The zero-order chi connectivity index (χ0) is 12.5. The number of alkyl halides is 3. The van der Waals surface area contributed by atoms with Crippen molar-refractivity contribution in [1.82, 2.24) is 5.32 Å². The van der Waals surface area contributed by atoms with E-state index in [1.54, 1.807) is 6.07 Å². The molecular formula is C11H14F3N3. The molecule has 0 aliphatic carbocycles. The average molecular weight is 245 g/mol. The first-order valence-corrected chi connectivity index (χ1v) is 5.41. The average Bonchev–Trinajstić information content (AvgIpc) is 2.29. The van der Waals surface area contributed by atoms with Crippen LogP contribution in [0.3, 0.4) is 0 Å². The van der Waals surface area contributed by atoms with E-state index in [1.165, 1.54) is 6.07 Å². The van der Waals surface area contributed by atoms with E-state index in [0.29, 0.717) is 18.8 Å². The summed E-state index contributed by atoms with van der Waals surface area (Å²) in [6.07, 6.45) is -4.39. The molecule has 1 aromatic rings. The van der Waals surface area contributed by atoms with Crippen molar-refractivity contribution < 1.29 is 13.2 Å². The number of halogens is 3. The van der Waals surface area contributed by atoms with Crippen LogP contribution < -0.4 is 16.0 Å². The SMILES string of the molecule is Nc1ccc(N2CCNCC2)cc1C(F)(F)F. The van der Waals surface area contributed by atoms with Gasteiger partial charge in [-0.15, -0.1) is 0 Å². The molecule has 6 heteroatoms. The standard InChI is InChI=1S/C11H14F3N3/c12-11(13,14)9-7-8(1-2-10(9)15)17-5-3-16-4-6-17/h1-2,7,16H,3-6,15H2. The van der Waals surface area contributed by atoms with Crippen molar-refractivity contribution in [3.8, 4) is 0 Å². The zero-order valence-corrected chi connectivity index (χ0v) is 9.22. The molecule has 0 unspecified atom stereocenters. The Balaban J connectivity index is 2.30. The quantitative estimate of drug-likeness (QED) is 0.740. The van der Waals surface area contributed by atoms with E-state index in [2.05, 4.69) is 5.32 Å². The fourth-order valence-electron chi connectivity index (χ4n) is 1.91. The highest BCUT2D eigenvalue weighted by atomic mass is 19.4. The van der Waals surface area contributed by atoms with Gasteiger partial charge in [0.15, 0.2) is 0 Å². The first-order chi connectivity index (χ1) is 7.98. The second-order valence-corrected chi connectivity index (χ2v) is 4.01. The molecule has 1 heterocycles. The lowest BCUT2D eigenvalue weighted by atomic mass is 10.1. The van der Waals surface area contributed by atoms with Crippen LogP contribution in [0.5, 0.6) is 0 Å². The molecule has 0 amide bonds. The highest BCUT2D eigenvalue weighted by Gasteiger charge is 2.33. The van der Waals surface area contributed by atoms with Gasteiger partial charge in [0.1, 0.15) is 0 Å². The van der Waals surface area contributed by atoms with E-state index in [-0.39, 0.29) is 5.69 Å². The minimum atomic E-state index is -4.39. The molecule has 0 saturated carbocycles. The molecule has 0 bridgehead atoms. The monoisotopic (exact) mass is 245 g/mol. The molecule has 0 atom stereocenters. The van der Waals surface area contributed by atoms with E-state index in [4.69, 9.17) is 5.73 Å². The fraction of sp³-hybridized carbons (Fsp3) is 0.455. The van der Waals surface area contributed by atoms with Gasteiger partial charge in [-0.3, -0.25) is 0 Å². The number of piperazine rings is 1. The number of benzene rings is 1. The third-order valence-corrected chi connectivity index (χ3v) is 2.82. The van der Waals surface area contributed by atoms with Crippen LogP contribution in [0, 0.1) is 0 Å². The van der Waals surface area contributed by atoms with Crippen molar-refractivity contribution in [2.75, 3.05) is 36.8 Å². The van der Waals surface area contributed by atoms with E-state index in [9.17, 15) is 13.2 Å². The summed E-state index contributed by atoms with van der Waals surface area (Å²) in [7, 11) is 0. The van der Waals surface area contributed by atoms with E-state index in [1.807, 2.05) is 4.90 Å². The molecule has 1 aromatic carbocycles. The summed E-state index contributed by atoms with van der Waals surface area (Å²) in [5.74, 6) is 0. The largest absolute Gasteiger partial charge is 0.418 e. The summed E-state index contributed by atoms with van der Waals surface area (Å²) < 4.78 is 38.1. The lowest BCUT2D eigenvalue weighted by molar-refractivity contribution is -0.136. The Kier molecular flexibility index (Phi) is 3.15. The summed E-state index contributed by atoms with van der Waals surface area (Å²) in [6.45, 7) is 2.99. The van der Waals surface area contributed by atoms with Crippen molar-refractivity contribution in [3.05, 3.63) is 23.8 Å². The smallest absolute Gasteiger partial charge is 0.398 e. The molecule has 1 aliphatic heterocycles. The normalized spacial score (nSPS) is 17.2.